The van der Waals surface area contributed by atoms with Gasteiger partial charge in [-0.15, -0.1) is 0 Å². The van der Waals surface area contributed by atoms with Crippen LogP contribution < -0.4 is 10.2 Å². The number of benzene rings is 1. The van der Waals surface area contributed by atoms with Crippen LogP contribution in [0.1, 0.15) is 25.3 Å². The minimum atomic E-state index is -0.0274. The highest BCUT2D eigenvalue weighted by Crippen LogP contribution is 2.15. The topological polar surface area (TPSA) is 54.4 Å². The molecule has 2 aliphatic heterocycles. The quantitative estimate of drug-likeness (QED) is 0.599. The summed E-state index contributed by atoms with van der Waals surface area (Å²) in [7, 11) is 5.94. The van der Waals surface area contributed by atoms with Crippen LogP contribution >= 0.6 is 0 Å². The maximum absolute atomic E-state index is 12.7. The lowest BCUT2D eigenvalue weighted by Crippen LogP contribution is -2.57. The molecule has 2 heterocycles. The number of piperazine rings is 1. The van der Waals surface area contributed by atoms with Gasteiger partial charge >= 0.3 is 0 Å². The molecule has 3 rings (SSSR count). The van der Waals surface area contributed by atoms with Crippen molar-refractivity contribution < 1.29 is 4.79 Å². The molecule has 2 saturated heterocycles. The summed E-state index contributed by atoms with van der Waals surface area (Å²) in [4.78, 5) is 25.9. The molecule has 7 nitrogen and oxygen atoms in total. The number of hydrogen-bond donors (Lipinski definition) is 1. The maximum atomic E-state index is 12.7. The molecule has 0 aromatic heterocycles. The van der Waals surface area contributed by atoms with E-state index in [1.54, 1.807) is 0 Å². The molecule has 160 valence electrons. The van der Waals surface area contributed by atoms with Gasteiger partial charge in [-0.2, -0.15) is 0 Å². The summed E-state index contributed by atoms with van der Waals surface area (Å²) < 4.78 is 0. The zero-order chi connectivity index (χ0) is 20.8. The van der Waals surface area contributed by atoms with E-state index in [-0.39, 0.29) is 6.04 Å². The number of nitrogens with one attached hydrogen (secondary N) is 1. The van der Waals surface area contributed by atoms with Crippen molar-refractivity contribution in [3.8, 4) is 0 Å². The van der Waals surface area contributed by atoms with E-state index in [0.717, 1.165) is 64.6 Å². The number of hydrogen-bond acceptors (Lipinski definition) is 4. The van der Waals surface area contributed by atoms with E-state index in [1.165, 1.54) is 11.3 Å². The Balaban J connectivity index is 1.47. The van der Waals surface area contributed by atoms with Crippen LogP contribution in [0.5, 0.6) is 0 Å². The summed E-state index contributed by atoms with van der Waals surface area (Å²) in [5.74, 6) is 1.22. The van der Waals surface area contributed by atoms with Gasteiger partial charge in [0.15, 0.2) is 5.96 Å². The Bertz CT molecular complexity index is 688. The number of guanidine groups is 1. The van der Waals surface area contributed by atoms with Crippen molar-refractivity contribution in [2.45, 2.75) is 32.4 Å². The van der Waals surface area contributed by atoms with Crippen LogP contribution in [0.2, 0.25) is 0 Å². The van der Waals surface area contributed by atoms with Crippen LogP contribution in [-0.4, -0.2) is 93.0 Å². The molecular formula is C22H36N6O. The molecule has 7 heteroatoms. The summed E-state index contributed by atoms with van der Waals surface area (Å²) >= 11 is 0. The fourth-order valence-electron chi connectivity index (χ4n) is 4.10. The highest BCUT2D eigenvalue weighted by Gasteiger charge is 2.30. The summed E-state index contributed by atoms with van der Waals surface area (Å²) in [6, 6.07) is 8.55. The van der Waals surface area contributed by atoms with Gasteiger partial charge in [-0.25, -0.2) is 0 Å². The number of aliphatic imine (C=N–C) groups is 1. The molecule has 1 aromatic carbocycles. The van der Waals surface area contributed by atoms with Crippen molar-refractivity contribution in [1.82, 2.24) is 20.0 Å². The van der Waals surface area contributed by atoms with E-state index in [1.807, 2.05) is 26.0 Å². The first kappa shape index (κ1) is 21.4. The highest BCUT2D eigenvalue weighted by molar-refractivity contribution is 5.82. The lowest BCUT2D eigenvalue weighted by atomic mass is 10.2. The first-order valence-corrected chi connectivity index (χ1v) is 10.7. The SMILES string of the molecule is CN=C(NCc1ccc(N(C)C)cc1)N1CCN(C(C)C(=O)N2CCCC2)CC1. The largest absolute Gasteiger partial charge is 0.378 e. The summed E-state index contributed by atoms with van der Waals surface area (Å²) in [6.45, 7) is 8.21. The van der Waals surface area contributed by atoms with E-state index in [9.17, 15) is 4.79 Å². The van der Waals surface area contributed by atoms with Gasteiger partial charge in [-0.1, -0.05) is 12.1 Å². The number of likely N-dealkylation sites (tertiary alicyclic amines) is 1. The lowest BCUT2D eigenvalue weighted by Gasteiger charge is -2.39. The molecule has 0 radical (unpaired) electrons. The Kier molecular flexibility index (Phi) is 7.36. The third kappa shape index (κ3) is 5.41. The number of carbonyl (C=O) groups excluding carboxylic acids is 1. The van der Waals surface area contributed by atoms with Gasteiger partial charge in [-0.3, -0.25) is 14.7 Å². The van der Waals surface area contributed by atoms with Crippen LogP contribution in [0, 0.1) is 0 Å². The minimum Gasteiger partial charge on any atom is -0.378 e. The third-order valence-electron chi connectivity index (χ3n) is 6.05. The first-order valence-electron chi connectivity index (χ1n) is 10.7. The molecule has 0 aliphatic carbocycles. The van der Waals surface area contributed by atoms with Gasteiger partial charge in [-0.05, 0) is 37.5 Å². The Morgan fingerprint density at radius 1 is 1.03 bits per heavy atom. The maximum Gasteiger partial charge on any atom is 0.239 e. The molecule has 29 heavy (non-hydrogen) atoms. The Labute approximate surface area is 175 Å². The standard InChI is InChI=1S/C22H36N6O/c1-18(21(29)27-11-5-6-12-27)26-13-15-28(16-14-26)22(23-2)24-17-19-7-9-20(10-8-19)25(3)4/h7-10,18H,5-6,11-17H2,1-4H3,(H,23,24). The summed E-state index contributed by atoms with van der Waals surface area (Å²) in [5, 5.41) is 3.48. The average molecular weight is 401 g/mol. The molecule has 1 amide bonds. The Hall–Kier alpha value is -2.28. The van der Waals surface area contributed by atoms with Crippen LogP contribution in [-0.2, 0) is 11.3 Å². The van der Waals surface area contributed by atoms with Crippen molar-refractivity contribution >= 4 is 17.6 Å². The van der Waals surface area contributed by atoms with E-state index >= 15 is 0 Å². The van der Waals surface area contributed by atoms with Crippen LogP contribution in [0.25, 0.3) is 0 Å². The van der Waals surface area contributed by atoms with Crippen LogP contribution in [0.4, 0.5) is 5.69 Å². The van der Waals surface area contributed by atoms with Gasteiger partial charge in [0.25, 0.3) is 0 Å². The zero-order valence-corrected chi connectivity index (χ0v) is 18.4. The number of nitrogens with zero attached hydrogens (tertiary/aromatic N) is 5. The van der Waals surface area contributed by atoms with E-state index in [0.29, 0.717) is 5.91 Å². The molecule has 0 bridgehead atoms. The number of anilines is 1. The second-order valence-electron chi connectivity index (χ2n) is 8.19. The predicted molar refractivity (Wildman–Crippen MR) is 119 cm³/mol. The summed E-state index contributed by atoms with van der Waals surface area (Å²) in [6.07, 6.45) is 2.29. The van der Waals surface area contributed by atoms with Gasteiger partial charge in [0.1, 0.15) is 0 Å². The predicted octanol–water partition coefficient (Wildman–Crippen LogP) is 1.46. The Morgan fingerprint density at radius 3 is 2.21 bits per heavy atom. The average Bonchev–Trinajstić information content (AvgIpc) is 3.29. The fourth-order valence-corrected chi connectivity index (χ4v) is 4.10. The van der Waals surface area contributed by atoms with Crippen LogP contribution in [0.3, 0.4) is 0 Å². The number of carbonyl (C=O) groups is 1. The molecule has 1 N–H and O–H groups in total. The van der Waals surface area contributed by atoms with E-state index in [4.69, 9.17) is 0 Å². The van der Waals surface area contributed by atoms with E-state index in [2.05, 4.69) is 56.2 Å². The van der Waals surface area contributed by atoms with Gasteiger partial charge < -0.3 is 20.0 Å². The fraction of sp³-hybridized carbons (Fsp3) is 0.636. The molecule has 1 unspecified atom stereocenters. The van der Waals surface area contributed by atoms with Crippen molar-refractivity contribution in [2.24, 2.45) is 4.99 Å². The number of rotatable bonds is 5. The summed E-state index contributed by atoms with van der Waals surface area (Å²) in [5.41, 5.74) is 2.44. The van der Waals surface area contributed by atoms with Gasteiger partial charge in [0.05, 0.1) is 6.04 Å². The highest BCUT2D eigenvalue weighted by atomic mass is 16.2. The zero-order valence-electron chi connectivity index (χ0n) is 18.4. The van der Waals surface area contributed by atoms with Crippen molar-refractivity contribution in [3.63, 3.8) is 0 Å². The molecule has 1 atom stereocenters. The molecule has 2 fully saturated rings. The smallest absolute Gasteiger partial charge is 0.239 e. The molecule has 2 aliphatic rings. The second-order valence-corrected chi connectivity index (χ2v) is 8.19. The minimum absolute atomic E-state index is 0.0274. The molecule has 0 saturated carbocycles. The van der Waals surface area contributed by atoms with Gasteiger partial charge in [0, 0.05) is 72.6 Å². The lowest BCUT2D eigenvalue weighted by molar-refractivity contribution is -0.135. The number of amides is 1. The van der Waals surface area contributed by atoms with Crippen molar-refractivity contribution in [3.05, 3.63) is 29.8 Å². The van der Waals surface area contributed by atoms with E-state index < -0.39 is 0 Å². The van der Waals surface area contributed by atoms with Crippen molar-refractivity contribution in [2.75, 3.05) is 65.3 Å². The monoisotopic (exact) mass is 400 g/mol. The van der Waals surface area contributed by atoms with Crippen LogP contribution in [0.15, 0.2) is 29.3 Å². The normalized spacial score (nSPS) is 19.4. The third-order valence-corrected chi connectivity index (χ3v) is 6.05. The molecule has 0 spiro atoms. The second kappa shape index (κ2) is 9.96. The molecule has 1 aromatic rings. The van der Waals surface area contributed by atoms with Crippen molar-refractivity contribution in [1.29, 1.82) is 0 Å². The first-order chi connectivity index (χ1) is 14.0. The molecular weight excluding hydrogens is 364 g/mol. The Morgan fingerprint density at radius 2 is 1.66 bits per heavy atom. The van der Waals surface area contributed by atoms with Gasteiger partial charge in [0.2, 0.25) is 5.91 Å².